The van der Waals surface area contributed by atoms with E-state index in [-0.39, 0.29) is 5.82 Å². The van der Waals surface area contributed by atoms with E-state index in [0.29, 0.717) is 11.1 Å². The fourth-order valence-electron chi connectivity index (χ4n) is 1.89. The molecule has 0 aliphatic heterocycles. The van der Waals surface area contributed by atoms with Gasteiger partial charge in [0, 0.05) is 24.3 Å². The highest BCUT2D eigenvalue weighted by Gasteiger charge is 2.11. The van der Waals surface area contributed by atoms with Gasteiger partial charge in [0.05, 0.1) is 0 Å². The molecule has 1 rings (SSSR count). The van der Waals surface area contributed by atoms with Crippen LogP contribution in [0.25, 0.3) is 0 Å². The third-order valence-corrected chi connectivity index (χ3v) is 3.14. The fourth-order valence-corrected chi connectivity index (χ4v) is 2.13. The van der Waals surface area contributed by atoms with Gasteiger partial charge in [-0.3, -0.25) is 0 Å². The number of rotatable bonds is 8. The van der Waals surface area contributed by atoms with Gasteiger partial charge in [-0.25, -0.2) is 4.39 Å². The summed E-state index contributed by atoms with van der Waals surface area (Å²) in [6.45, 7) is 6.41. The molecule has 1 atom stereocenters. The molecular formula is C14H21ClFNO. The summed E-state index contributed by atoms with van der Waals surface area (Å²) in [5, 5.41) is 3.89. The number of likely N-dealkylation sites (N-methyl/N-ethyl adjacent to an activating group) is 1. The summed E-state index contributed by atoms with van der Waals surface area (Å²) in [7, 11) is 0. The summed E-state index contributed by atoms with van der Waals surface area (Å²) < 4.78 is 18.3. The van der Waals surface area contributed by atoms with Crippen LogP contribution < -0.4 is 5.32 Å². The second-order valence-corrected chi connectivity index (χ2v) is 4.59. The Hall–Kier alpha value is -0.640. The van der Waals surface area contributed by atoms with Crippen LogP contribution in [0.2, 0.25) is 5.02 Å². The molecule has 0 spiro atoms. The minimum Gasteiger partial charge on any atom is -0.382 e. The Balaban J connectivity index is 2.58. The van der Waals surface area contributed by atoms with E-state index in [1.807, 2.05) is 6.92 Å². The van der Waals surface area contributed by atoms with Gasteiger partial charge < -0.3 is 10.1 Å². The highest BCUT2D eigenvalue weighted by atomic mass is 35.5. The third kappa shape index (κ3) is 5.34. The van der Waals surface area contributed by atoms with E-state index in [9.17, 15) is 4.39 Å². The lowest BCUT2D eigenvalue weighted by molar-refractivity contribution is 0.136. The van der Waals surface area contributed by atoms with Crippen LogP contribution in [-0.4, -0.2) is 25.8 Å². The van der Waals surface area contributed by atoms with Crippen molar-refractivity contribution in [3.8, 4) is 0 Å². The zero-order valence-electron chi connectivity index (χ0n) is 11.0. The second kappa shape index (κ2) is 8.46. The van der Waals surface area contributed by atoms with Gasteiger partial charge in [-0.15, -0.1) is 0 Å². The van der Waals surface area contributed by atoms with Crippen molar-refractivity contribution in [3.05, 3.63) is 34.6 Å². The molecule has 4 heteroatoms. The molecule has 0 amide bonds. The lowest BCUT2D eigenvalue weighted by Gasteiger charge is -2.18. The molecule has 0 fully saturated rings. The Morgan fingerprint density at radius 2 is 2.17 bits per heavy atom. The quantitative estimate of drug-likeness (QED) is 0.733. The maximum atomic E-state index is 13.0. The molecule has 0 aliphatic rings. The second-order valence-electron chi connectivity index (χ2n) is 4.18. The Kier molecular flexibility index (Phi) is 7.25. The van der Waals surface area contributed by atoms with Crippen LogP contribution in [-0.2, 0) is 11.2 Å². The molecule has 0 saturated carbocycles. The molecule has 0 bridgehead atoms. The van der Waals surface area contributed by atoms with Crippen LogP contribution in [0.4, 0.5) is 4.39 Å². The van der Waals surface area contributed by atoms with Crippen LogP contribution in [0.3, 0.4) is 0 Å². The molecule has 0 aromatic heterocycles. The van der Waals surface area contributed by atoms with Gasteiger partial charge in [0.25, 0.3) is 0 Å². The summed E-state index contributed by atoms with van der Waals surface area (Å²) in [6.07, 6.45) is 1.72. The van der Waals surface area contributed by atoms with Crippen LogP contribution in [0.5, 0.6) is 0 Å². The largest absolute Gasteiger partial charge is 0.382 e. The van der Waals surface area contributed by atoms with Crippen molar-refractivity contribution in [2.24, 2.45) is 0 Å². The number of halogens is 2. The average Bonchev–Trinajstić information content (AvgIpc) is 2.33. The summed E-state index contributed by atoms with van der Waals surface area (Å²) in [4.78, 5) is 0. The average molecular weight is 274 g/mol. The molecular weight excluding hydrogens is 253 g/mol. The molecule has 1 aromatic rings. The maximum Gasteiger partial charge on any atom is 0.124 e. The summed E-state index contributed by atoms with van der Waals surface area (Å²) >= 11 is 6.04. The molecule has 1 aromatic carbocycles. The topological polar surface area (TPSA) is 21.3 Å². The van der Waals surface area contributed by atoms with Gasteiger partial charge in [-0.05, 0) is 44.0 Å². The van der Waals surface area contributed by atoms with Gasteiger partial charge in [0.2, 0.25) is 0 Å². The van der Waals surface area contributed by atoms with Crippen LogP contribution in [0.15, 0.2) is 18.2 Å². The molecule has 0 saturated heterocycles. The van der Waals surface area contributed by atoms with Crippen molar-refractivity contribution in [2.45, 2.75) is 32.7 Å². The lowest BCUT2D eigenvalue weighted by atomic mass is 10.0. The lowest BCUT2D eigenvalue weighted by Crippen LogP contribution is -2.32. The first-order valence-electron chi connectivity index (χ1n) is 6.42. The van der Waals surface area contributed by atoms with Crippen molar-refractivity contribution < 1.29 is 9.13 Å². The molecule has 18 heavy (non-hydrogen) atoms. The fraction of sp³-hybridized carbons (Fsp3) is 0.571. The van der Waals surface area contributed by atoms with Gasteiger partial charge in [-0.2, -0.15) is 0 Å². The Labute approximate surface area is 113 Å². The van der Waals surface area contributed by atoms with Gasteiger partial charge in [-0.1, -0.05) is 24.6 Å². The number of hydrogen-bond acceptors (Lipinski definition) is 2. The van der Waals surface area contributed by atoms with Crippen molar-refractivity contribution in [2.75, 3.05) is 19.8 Å². The van der Waals surface area contributed by atoms with Crippen LogP contribution in [0.1, 0.15) is 25.8 Å². The van der Waals surface area contributed by atoms with Gasteiger partial charge in [0.15, 0.2) is 0 Å². The minimum absolute atomic E-state index is 0.293. The minimum atomic E-state index is -0.293. The van der Waals surface area contributed by atoms with E-state index in [4.69, 9.17) is 16.3 Å². The van der Waals surface area contributed by atoms with Crippen molar-refractivity contribution >= 4 is 11.6 Å². The monoisotopic (exact) mass is 273 g/mol. The zero-order valence-corrected chi connectivity index (χ0v) is 11.8. The number of benzene rings is 1. The van der Waals surface area contributed by atoms with Gasteiger partial charge >= 0.3 is 0 Å². The van der Waals surface area contributed by atoms with Crippen LogP contribution >= 0.6 is 11.6 Å². The highest BCUT2D eigenvalue weighted by Crippen LogP contribution is 2.19. The first-order chi connectivity index (χ1) is 8.67. The normalized spacial score (nSPS) is 12.7. The zero-order chi connectivity index (χ0) is 13.4. The first-order valence-corrected chi connectivity index (χ1v) is 6.80. The molecule has 1 N–H and O–H groups in total. The van der Waals surface area contributed by atoms with E-state index in [1.54, 1.807) is 6.07 Å². The van der Waals surface area contributed by atoms with Crippen LogP contribution in [0, 0.1) is 5.82 Å². The molecule has 1 unspecified atom stereocenters. The van der Waals surface area contributed by atoms with E-state index >= 15 is 0 Å². The predicted octanol–water partition coefficient (Wildman–Crippen LogP) is 3.43. The van der Waals surface area contributed by atoms with E-state index in [1.165, 1.54) is 12.1 Å². The van der Waals surface area contributed by atoms with E-state index < -0.39 is 0 Å². The number of hydrogen-bond donors (Lipinski definition) is 1. The molecule has 0 heterocycles. The molecule has 0 aliphatic carbocycles. The Morgan fingerprint density at radius 1 is 1.39 bits per heavy atom. The third-order valence-electron chi connectivity index (χ3n) is 2.79. The van der Waals surface area contributed by atoms with E-state index in [2.05, 4.69) is 12.2 Å². The summed E-state index contributed by atoms with van der Waals surface area (Å²) in [5.41, 5.74) is 0.973. The standard InChI is InChI=1S/C14H21ClFNO/c1-3-17-13(7-8-18-4-2)9-11-5-6-12(16)10-14(11)15/h5-6,10,13,17H,3-4,7-9H2,1-2H3. The summed E-state index contributed by atoms with van der Waals surface area (Å²) in [5.74, 6) is -0.293. The van der Waals surface area contributed by atoms with Crippen molar-refractivity contribution in [3.63, 3.8) is 0 Å². The Bertz CT molecular complexity index is 360. The molecule has 0 radical (unpaired) electrons. The Morgan fingerprint density at radius 3 is 2.78 bits per heavy atom. The SMILES string of the molecule is CCNC(CCOCC)Cc1ccc(F)cc1Cl. The summed E-state index contributed by atoms with van der Waals surface area (Å²) in [6, 6.07) is 4.88. The van der Waals surface area contributed by atoms with Gasteiger partial charge in [0.1, 0.15) is 5.82 Å². The van der Waals surface area contributed by atoms with E-state index in [0.717, 1.165) is 38.2 Å². The molecule has 2 nitrogen and oxygen atoms in total. The number of nitrogens with one attached hydrogen (secondary N) is 1. The first kappa shape index (κ1) is 15.4. The number of ether oxygens (including phenoxy) is 1. The van der Waals surface area contributed by atoms with Crippen molar-refractivity contribution in [1.29, 1.82) is 0 Å². The maximum absolute atomic E-state index is 13.0. The molecule has 102 valence electrons. The van der Waals surface area contributed by atoms with Crippen molar-refractivity contribution in [1.82, 2.24) is 5.32 Å². The smallest absolute Gasteiger partial charge is 0.124 e. The highest BCUT2D eigenvalue weighted by molar-refractivity contribution is 6.31. The predicted molar refractivity (Wildman–Crippen MR) is 73.7 cm³/mol.